The van der Waals surface area contributed by atoms with E-state index in [4.69, 9.17) is 4.74 Å². The Kier molecular flexibility index (Phi) is 11.6. The van der Waals surface area contributed by atoms with Crippen LogP contribution in [0.3, 0.4) is 0 Å². The molecular weight excluding hydrogens is 465 g/mol. The van der Waals surface area contributed by atoms with Gasteiger partial charge in [-0.1, -0.05) is 25.1 Å². The maximum absolute atomic E-state index is 12.4. The van der Waals surface area contributed by atoms with E-state index < -0.39 is 6.43 Å². The Morgan fingerprint density at radius 3 is 2.48 bits per heavy atom. The molecule has 1 atom stereocenters. The molecule has 1 aromatic rings. The lowest BCUT2D eigenvalue weighted by molar-refractivity contribution is 0.0744. The van der Waals surface area contributed by atoms with Crippen LogP contribution in [0.25, 0.3) is 0 Å². The van der Waals surface area contributed by atoms with Crippen LogP contribution in [0.1, 0.15) is 26.2 Å². The zero-order chi connectivity index (χ0) is 18.8. The summed E-state index contributed by atoms with van der Waals surface area (Å²) in [4.78, 5) is 6.09. The van der Waals surface area contributed by atoms with Gasteiger partial charge in [-0.05, 0) is 31.4 Å². The molecule has 0 aromatic heterocycles. The van der Waals surface area contributed by atoms with Gasteiger partial charge in [0.05, 0.1) is 13.1 Å². The van der Waals surface area contributed by atoms with E-state index in [2.05, 4.69) is 22.5 Å². The summed E-state index contributed by atoms with van der Waals surface area (Å²) < 4.78 is 30.9. The number of halogens is 3. The van der Waals surface area contributed by atoms with Crippen LogP contribution in [0, 0.1) is 0 Å². The van der Waals surface area contributed by atoms with Crippen molar-refractivity contribution in [3.63, 3.8) is 0 Å². The van der Waals surface area contributed by atoms with Crippen LogP contribution in [0.2, 0.25) is 0 Å². The van der Waals surface area contributed by atoms with Crippen molar-refractivity contribution in [2.45, 2.75) is 44.8 Å². The van der Waals surface area contributed by atoms with E-state index in [1.807, 2.05) is 35.2 Å². The smallest absolute Gasteiger partial charge is 0.251 e. The van der Waals surface area contributed by atoms with Gasteiger partial charge in [0, 0.05) is 26.2 Å². The second-order valence-corrected chi connectivity index (χ2v) is 6.52. The molecule has 1 saturated heterocycles. The Morgan fingerprint density at radius 1 is 1.26 bits per heavy atom. The summed E-state index contributed by atoms with van der Waals surface area (Å²) in [5.41, 5.74) is 0. The maximum atomic E-state index is 12.4. The number of hydrogen-bond donors (Lipinski definition) is 2. The topological polar surface area (TPSA) is 48.9 Å². The van der Waals surface area contributed by atoms with Crippen LogP contribution < -0.4 is 15.4 Å². The van der Waals surface area contributed by atoms with E-state index in [0.717, 1.165) is 31.0 Å². The number of alkyl halides is 2. The van der Waals surface area contributed by atoms with Crippen LogP contribution in [0.4, 0.5) is 8.78 Å². The molecule has 5 nitrogen and oxygen atoms in total. The van der Waals surface area contributed by atoms with Crippen molar-refractivity contribution < 1.29 is 13.5 Å². The van der Waals surface area contributed by atoms with Gasteiger partial charge in [0.1, 0.15) is 11.9 Å². The summed E-state index contributed by atoms with van der Waals surface area (Å²) in [6, 6.07) is 10.0. The van der Waals surface area contributed by atoms with Crippen molar-refractivity contribution in [1.82, 2.24) is 15.5 Å². The van der Waals surface area contributed by atoms with Gasteiger partial charge in [0.2, 0.25) is 0 Å². The van der Waals surface area contributed by atoms with E-state index >= 15 is 0 Å². The lowest BCUT2D eigenvalue weighted by Crippen LogP contribution is -2.50. The molecule has 1 aliphatic heterocycles. The average Bonchev–Trinajstić information content (AvgIpc) is 2.65. The van der Waals surface area contributed by atoms with Gasteiger partial charge >= 0.3 is 0 Å². The zero-order valence-electron chi connectivity index (χ0n) is 16.0. The van der Waals surface area contributed by atoms with Crippen molar-refractivity contribution >= 4 is 29.9 Å². The molecule has 1 heterocycles. The first-order valence-corrected chi connectivity index (χ1v) is 9.30. The summed E-state index contributed by atoms with van der Waals surface area (Å²) in [6.07, 6.45) is 0.342. The Morgan fingerprint density at radius 2 is 1.93 bits per heavy atom. The average molecular weight is 496 g/mol. The van der Waals surface area contributed by atoms with Gasteiger partial charge in [-0.25, -0.2) is 8.78 Å². The molecule has 0 aliphatic carbocycles. The second-order valence-electron chi connectivity index (χ2n) is 6.52. The predicted octanol–water partition coefficient (Wildman–Crippen LogP) is 3.36. The van der Waals surface area contributed by atoms with E-state index in [-0.39, 0.29) is 42.7 Å². The van der Waals surface area contributed by atoms with E-state index in [1.54, 1.807) is 7.05 Å². The van der Waals surface area contributed by atoms with Gasteiger partial charge < -0.3 is 15.4 Å². The summed E-state index contributed by atoms with van der Waals surface area (Å²) in [5, 5.41) is 6.70. The number of hydrogen-bond acceptors (Lipinski definition) is 3. The molecule has 27 heavy (non-hydrogen) atoms. The molecule has 154 valence electrons. The Balaban J connectivity index is 0.00000364. The van der Waals surface area contributed by atoms with Gasteiger partial charge in [-0.15, -0.1) is 24.0 Å². The van der Waals surface area contributed by atoms with Crippen molar-refractivity contribution in [2.75, 3.05) is 33.2 Å². The van der Waals surface area contributed by atoms with E-state index in [9.17, 15) is 8.78 Å². The number of nitrogens with one attached hydrogen (secondary N) is 2. The number of aliphatic imine (C=N–C) groups is 1. The summed E-state index contributed by atoms with van der Waals surface area (Å²) in [5.74, 6) is 1.59. The summed E-state index contributed by atoms with van der Waals surface area (Å²) >= 11 is 0. The Bertz CT molecular complexity index is 540. The number of benzene rings is 1. The minimum absolute atomic E-state index is 0. The molecule has 0 amide bonds. The van der Waals surface area contributed by atoms with Gasteiger partial charge in [0.25, 0.3) is 6.43 Å². The van der Waals surface area contributed by atoms with Crippen molar-refractivity contribution in [3.05, 3.63) is 30.3 Å². The van der Waals surface area contributed by atoms with Crippen molar-refractivity contribution in [1.29, 1.82) is 0 Å². The maximum Gasteiger partial charge on any atom is 0.251 e. The fourth-order valence-corrected chi connectivity index (χ4v) is 3.01. The van der Waals surface area contributed by atoms with Crippen LogP contribution in [-0.2, 0) is 0 Å². The van der Waals surface area contributed by atoms with Crippen molar-refractivity contribution in [2.24, 2.45) is 4.99 Å². The third-order valence-corrected chi connectivity index (χ3v) is 4.55. The van der Waals surface area contributed by atoms with E-state index in [0.29, 0.717) is 19.6 Å². The molecule has 1 unspecified atom stereocenters. The minimum Gasteiger partial charge on any atom is -0.489 e. The number of nitrogens with zero attached hydrogens (tertiary/aromatic N) is 2. The number of piperidine rings is 1. The first-order chi connectivity index (χ1) is 12.6. The molecular formula is C19H31F2IN4O. The second kappa shape index (κ2) is 13.1. The SMILES string of the molecule is CCC(CNC(=NC)NC1CCN(CC(F)F)CC1)Oc1ccccc1.I. The normalized spacial score (nSPS) is 17.3. The number of guanidine groups is 1. The molecule has 0 spiro atoms. The fraction of sp³-hybridized carbons (Fsp3) is 0.632. The molecule has 2 N–H and O–H groups in total. The number of ether oxygens (including phenoxy) is 1. The molecule has 8 heteroatoms. The third-order valence-electron chi connectivity index (χ3n) is 4.55. The van der Waals surface area contributed by atoms with Gasteiger partial charge in [0.15, 0.2) is 5.96 Å². The van der Waals surface area contributed by atoms with Crippen LogP contribution in [0.5, 0.6) is 5.75 Å². The molecule has 2 rings (SSSR count). The number of rotatable bonds is 8. The minimum atomic E-state index is -2.26. The molecule has 0 saturated carbocycles. The van der Waals surface area contributed by atoms with E-state index in [1.165, 1.54) is 0 Å². The number of para-hydroxylation sites is 1. The molecule has 0 radical (unpaired) electrons. The Labute approximate surface area is 178 Å². The molecule has 1 aliphatic rings. The standard InChI is InChI=1S/C19H30F2N4O.HI/c1-3-16(26-17-7-5-4-6-8-17)13-23-19(22-2)24-15-9-11-25(12-10-15)14-18(20)21;/h4-8,15-16,18H,3,9-14H2,1-2H3,(H2,22,23,24);1H. The largest absolute Gasteiger partial charge is 0.489 e. The lowest BCUT2D eigenvalue weighted by atomic mass is 10.1. The predicted molar refractivity (Wildman–Crippen MR) is 117 cm³/mol. The lowest BCUT2D eigenvalue weighted by Gasteiger charge is -2.33. The highest BCUT2D eigenvalue weighted by atomic mass is 127. The molecule has 0 bridgehead atoms. The fourth-order valence-electron chi connectivity index (χ4n) is 3.01. The highest BCUT2D eigenvalue weighted by Crippen LogP contribution is 2.13. The third kappa shape index (κ3) is 9.05. The molecule has 1 aromatic carbocycles. The first-order valence-electron chi connectivity index (χ1n) is 9.30. The van der Waals surface area contributed by atoms with Crippen LogP contribution >= 0.6 is 24.0 Å². The van der Waals surface area contributed by atoms with Crippen LogP contribution in [0.15, 0.2) is 35.3 Å². The highest BCUT2D eigenvalue weighted by Gasteiger charge is 2.22. The number of likely N-dealkylation sites (tertiary alicyclic amines) is 1. The van der Waals surface area contributed by atoms with Gasteiger partial charge in [-0.3, -0.25) is 9.89 Å². The zero-order valence-corrected chi connectivity index (χ0v) is 18.4. The highest BCUT2D eigenvalue weighted by molar-refractivity contribution is 14.0. The monoisotopic (exact) mass is 496 g/mol. The van der Waals surface area contributed by atoms with Crippen molar-refractivity contribution in [3.8, 4) is 5.75 Å². The molecule has 1 fully saturated rings. The Hall–Kier alpha value is -1.16. The summed E-state index contributed by atoms with van der Waals surface area (Å²) in [6.45, 7) is 3.98. The first kappa shape index (κ1) is 23.9. The quantitative estimate of drug-likeness (QED) is 0.330. The summed E-state index contributed by atoms with van der Waals surface area (Å²) in [7, 11) is 1.74. The van der Waals surface area contributed by atoms with Gasteiger partial charge in [-0.2, -0.15) is 0 Å². The van der Waals surface area contributed by atoms with Crippen LogP contribution in [-0.4, -0.2) is 62.7 Å².